The van der Waals surface area contributed by atoms with E-state index < -0.39 is 17.6 Å². The molecule has 162 valence electrons. The lowest BCUT2D eigenvalue weighted by molar-refractivity contribution is -0.138. The number of nitrogens with one attached hydrogen (secondary N) is 3. The number of aliphatic imine (C=N–C) groups is 1. The molecule has 0 bridgehead atoms. The number of rotatable bonds is 6. The molecule has 2 aromatic rings. The second kappa shape index (κ2) is 10.1. The van der Waals surface area contributed by atoms with E-state index in [4.69, 9.17) is 0 Å². The van der Waals surface area contributed by atoms with Gasteiger partial charge in [0.25, 0.3) is 0 Å². The first-order valence-corrected chi connectivity index (χ1v) is 9.30. The minimum atomic E-state index is -4.65. The molecular formula is C21H24F4N4O. The molecule has 2 rings (SSSR count). The highest BCUT2D eigenvalue weighted by Crippen LogP contribution is 2.32. The Kier molecular flexibility index (Phi) is 7.79. The molecule has 2 aromatic carbocycles. The van der Waals surface area contributed by atoms with Crippen molar-refractivity contribution >= 4 is 17.6 Å². The Balaban J connectivity index is 1.94. The zero-order valence-corrected chi connectivity index (χ0v) is 16.9. The standard InChI is InChI=1S/C21H24F4N4O/c1-13(2)19(30)29-17-8-4-14(5-9-17)11-27-20(26-3)28-12-15-6-7-16(22)10-18(15)21(23,24)25/h4-10,13H,11-12H2,1-3H3,(H,29,30)(H2,26,27,28). The monoisotopic (exact) mass is 424 g/mol. The van der Waals surface area contributed by atoms with Gasteiger partial charge in [0.05, 0.1) is 5.56 Å². The number of guanidine groups is 1. The first kappa shape index (κ1) is 23.2. The number of hydrogen-bond acceptors (Lipinski definition) is 2. The van der Waals surface area contributed by atoms with Crippen LogP contribution in [0.5, 0.6) is 0 Å². The van der Waals surface area contributed by atoms with Crippen molar-refractivity contribution in [2.24, 2.45) is 10.9 Å². The van der Waals surface area contributed by atoms with E-state index in [0.717, 1.165) is 17.7 Å². The van der Waals surface area contributed by atoms with Crippen LogP contribution in [0, 0.1) is 11.7 Å². The molecule has 0 aromatic heterocycles. The van der Waals surface area contributed by atoms with Crippen molar-refractivity contribution < 1.29 is 22.4 Å². The fourth-order valence-corrected chi connectivity index (χ4v) is 2.54. The molecule has 30 heavy (non-hydrogen) atoms. The highest BCUT2D eigenvalue weighted by atomic mass is 19.4. The average Bonchev–Trinajstić information content (AvgIpc) is 2.69. The summed E-state index contributed by atoms with van der Waals surface area (Å²) in [5.41, 5.74) is 0.454. The Morgan fingerprint density at radius 3 is 2.23 bits per heavy atom. The first-order chi connectivity index (χ1) is 14.1. The number of anilines is 1. The molecule has 5 nitrogen and oxygen atoms in total. The molecule has 0 heterocycles. The van der Waals surface area contributed by atoms with Crippen molar-refractivity contribution in [2.75, 3.05) is 12.4 Å². The molecule has 3 N–H and O–H groups in total. The summed E-state index contributed by atoms with van der Waals surface area (Å²) in [7, 11) is 1.50. The van der Waals surface area contributed by atoms with E-state index in [9.17, 15) is 22.4 Å². The summed E-state index contributed by atoms with van der Waals surface area (Å²) >= 11 is 0. The molecule has 9 heteroatoms. The highest BCUT2D eigenvalue weighted by molar-refractivity contribution is 5.92. The number of carbonyl (C=O) groups excluding carboxylic acids is 1. The zero-order chi connectivity index (χ0) is 22.3. The quantitative estimate of drug-likeness (QED) is 0.368. The molecule has 0 aliphatic rings. The fraction of sp³-hybridized carbons (Fsp3) is 0.333. The number of amides is 1. The number of halogens is 4. The lowest BCUT2D eigenvalue weighted by Gasteiger charge is -2.16. The molecule has 0 aliphatic heterocycles. The van der Waals surface area contributed by atoms with Crippen LogP contribution in [0.4, 0.5) is 23.2 Å². The zero-order valence-electron chi connectivity index (χ0n) is 16.9. The average molecular weight is 424 g/mol. The Morgan fingerprint density at radius 2 is 1.67 bits per heavy atom. The van der Waals surface area contributed by atoms with E-state index in [2.05, 4.69) is 20.9 Å². The van der Waals surface area contributed by atoms with Crippen LogP contribution in [-0.2, 0) is 24.1 Å². The van der Waals surface area contributed by atoms with E-state index in [-0.39, 0.29) is 23.9 Å². The SMILES string of the molecule is CN=C(NCc1ccc(NC(=O)C(C)C)cc1)NCc1ccc(F)cc1C(F)(F)F. The fourth-order valence-electron chi connectivity index (χ4n) is 2.54. The van der Waals surface area contributed by atoms with E-state index in [1.54, 1.807) is 26.0 Å². The molecule has 0 saturated heterocycles. The van der Waals surface area contributed by atoms with Gasteiger partial charge in [0, 0.05) is 31.7 Å². The van der Waals surface area contributed by atoms with Gasteiger partial charge >= 0.3 is 6.18 Å². The van der Waals surface area contributed by atoms with E-state index in [1.807, 2.05) is 12.1 Å². The molecular weight excluding hydrogens is 400 g/mol. The Hall–Kier alpha value is -3.10. The Labute approximate surface area is 172 Å². The van der Waals surface area contributed by atoms with Gasteiger partial charge < -0.3 is 16.0 Å². The Bertz CT molecular complexity index is 893. The third kappa shape index (κ3) is 6.75. The van der Waals surface area contributed by atoms with Crippen LogP contribution in [0.3, 0.4) is 0 Å². The Morgan fingerprint density at radius 1 is 1.03 bits per heavy atom. The number of alkyl halides is 3. The first-order valence-electron chi connectivity index (χ1n) is 9.30. The van der Waals surface area contributed by atoms with Crippen LogP contribution in [0.2, 0.25) is 0 Å². The van der Waals surface area contributed by atoms with Crippen LogP contribution < -0.4 is 16.0 Å². The minimum absolute atomic E-state index is 0.0792. The molecule has 0 unspecified atom stereocenters. The van der Waals surface area contributed by atoms with Gasteiger partial charge in [-0.05, 0) is 35.4 Å². The molecule has 0 radical (unpaired) electrons. The summed E-state index contributed by atoms with van der Waals surface area (Å²) in [4.78, 5) is 15.7. The second-order valence-corrected chi connectivity index (χ2v) is 6.92. The maximum absolute atomic E-state index is 13.2. The lowest BCUT2D eigenvalue weighted by Crippen LogP contribution is -2.36. The number of carbonyl (C=O) groups is 1. The van der Waals surface area contributed by atoms with Crippen LogP contribution in [-0.4, -0.2) is 18.9 Å². The summed E-state index contributed by atoms with van der Waals surface area (Å²) in [6, 6.07) is 9.73. The van der Waals surface area contributed by atoms with Crippen molar-refractivity contribution in [1.82, 2.24) is 10.6 Å². The highest BCUT2D eigenvalue weighted by Gasteiger charge is 2.33. The summed E-state index contributed by atoms with van der Waals surface area (Å²) in [6.07, 6.45) is -4.65. The van der Waals surface area contributed by atoms with Crippen molar-refractivity contribution in [3.05, 3.63) is 65.0 Å². The lowest BCUT2D eigenvalue weighted by atomic mass is 10.1. The molecule has 0 atom stereocenters. The van der Waals surface area contributed by atoms with Crippen LogP contribution in [0.15, 0.2) is 47.5 Å². The predicted molar refractivity (Wildman–Crippen MR) is 108 cm³/mol. The normalized spacial score (nSPS) is 12.1. The van der Waals surface area contributed by atoms with Gasteiger partial charge in [-0.3, -0.25) is 9.79 Å². The minimum Gasteiger partial charge on any atom is -0.352 e. The number of nitrogens with zero attached hydrogens (tertiary/aromatic N) is 1. The van der Waals surface area contributed by atoms with Crippen molar-refractivity contribution in [3.63, 3.8) is 0 Å². The van der Waals surface area contributed by atoms with Gasteiger partial charge in [-0.2, -0.15) is 13.2 Å². The van der Waals surface area contributed by atoms with Gasteiger partial charge in [0.2, 0.25) is 5.91 Å². The maximum Gasteiger partial charge on any atom is 0.416 e. The number of benzene rings is 2. The molecule has 1 amide bonds. The van der Waals surface area contributed by atoms with E-state index >= 15 is 0 Å². The third-order valence-corrected chi connectivity index (χ3v) is 4.25. The van der Waals surface area contributed by atoms with Gasteiger partial charge in [0.1, 0.15) is 5.82 Å². The molecule has 0 saturated carbocycles. The van der Waals surface area contributed by atoms with E-state index in [0.29, 0.717) is 24.3 Å². The van der Waals surface area contributed by atoms with Gasteiger partial charge in [-0.25, -0.2) is 4.39 Å². The molecule has 0 spiro atoms. The molecule has 0 fully saturated rings. The van der Waals surface area contributed by atoms with Crippen molar-refractivity contribution in [3.8, 4) is 0 Å². The smallest absolute Gasteiger partial charge is 0.352 e. The van der Waals surface area contributed by atoms with Crippen molar-refractivity contribution in [1.29, 1.82) is 0 Å². The van der Waals surface area contributed by atoms with Crippen molar-refractivity contribution in [2.45, 2.75) is 33.1 Å². The predicted octanol–water partition coefficient (Wildman–Crippen LogP) is 4.30. The largest absolute Gasteiger partial charge is 0.416 e. The third-order valence-electron chi connectivity index (χ3n) is 4.25. The van der Waals surface area contributed by atoms with Crippen LogP contribution in [0.25, 0.3) is 0 Å². The van der Waals surface area contributed by atoms with Gasteiger partial charge in [-0.15, -0.1) is 0 Å². The molecule has 0 aliphatic carbocycles. The second-order valence-electron chi connectivity index (χ2n) is 6.92. The summed E-state index contributed by atoms with van der Waals surface area (Å²) in [6.45, 7) is 3.80. The van der Waals surface area contributed by atoms with Crippen LogP contribution >= 0.6 is 0 Å². The van der Waals surface area contributed by atoms with E-state index in [1.165, 1.54) is 7.05 Å². The topological polar surface area (TPSA) is 65.5 Å². The van der Waals surface area contributed by atoms with Gasteiger partial charge in [-0.1, -0.05) is 32.0 Å². The van der Waals surface area contributed by atoms with Crippen LogP contribution in [0.1, 0.15) is 30.5 Å². The summed E-state index contributed by atoms with van der Waals surface area (Å²) in [5.74, 6) is -0.851. The summed E-state index contributed by atoms with van der Waals surface area (Å²) < 4.78 is 52.5. The maximum atomic E-state index is 13.2. The van der Waals surface area contributed by atoms with Gasteiger partial charge in [0.15, 0.2) is 5.96 Å². The summed E-state index contributed by atoms with van der Waals surface area (Å²) in [5, 5.41) is 8.59. The number of hydrogen-bond donors (Lipinski definition) is 3.